The van der Waals surface area contributed by atoms with E-state index in [1.165, 1.54) is 12.1 Å². The van der Waals surface area contributed by atoms with Gasteiger partial charge in [0.15, 0.2) is 5.75 Å². The zero-order chi connectivity index (χ0) is 21.9. The first-order valence-electron chi connectivity index (χ1n) is 10.2. The molecule has 0 bridgehead atoms. The van der Waals surface area contributed by atoms with E-state index in [1.54, 1.807) is 24.3 Å². The van der Waals surface area contributed by atoms with Crippen LogP contribution in [0, 0.1) is 0 Å². The maximum atomic E-state index is 12.6. The first-order valence-corrected chi connectivity index (χ1v) is 10.9. The Kier molecular flexibility index (Phi) is 9.98. The first-order chi connectivity index (χ1) is 14.5. The van der Waals surface area contributed by atoms with E-state index in [0.717, 1.165) is 32.1 Å². The van der Waals surface area contributed by atoms with Gasteiger partial charge in [-0.25, -0.2) is 4.79 Å². The molecule has 2 rings (SSSR count). The van der Waals surface area contributed by atoms with Crippen LogP contribution in [0.5, 0.6) is 5.75 Å². The van der Waals surface area contributed by atoms with Crippen LogP contribution >= 0.6 is 23.2 Å². The Labute approximate surface area is 187 Å². The maximum absolute atomic E-state index is 12.6. The summed E-state index contributed by atoms with van der Waals surface area (Å²) in [5.41, 5.74) is 1.28. The van der Waals surface area contributed by atoms with E-state index >= 15 is 0 Å². The molecule has 2 aromatic carbocycles. The standard InChI is InChI=1S/C23H27Cl2NO4/c1-3-5-7-13-29-21-19(24)14-17(15-20(21)25)22(27)26-18-10-8-16(9-11-18)23(28)30-12-6-4-2/h8-11,14-15H,3-7,12-13H2,1-2H3,(H,26,27). The van der Waals surface area contributed by atoms with Crippen molar-refractivity contribution in [1.29, 1.82) is 0 Å². The van der Waals surface area contributed by atoms with Crippen molar-refractivity contribution in [2.45, 2.75) is 46.0 Å². The quantitative estimate of drug-likeness (QED) is 0.302. The normalized spacial score (nSPS) is 10.5. The molecule has 1 amide bonds. The van der Waals surface area contributed by atoms with Crippen molar-refractivity contribution in [3.05, 3.63) is 57.6 Å². The number of halogens is 2. The third-order valence-corrected chi connectivity index (χ3v) is 4.93. The summed E-state index contributed by atoms with van der Waals surface area (Å²) in [5.74, 6) is -0.360. The molecule has 5 nitrogen and oxygen atoms in total. The van der Waals surface area contributed by atoms with Crippen LogP contribution in [0.4, 0.5) is 5.69 Å². The van der Waals surface area contributed by atoms with Gasteiger partial charge < -0.3 is 14.8 Å². The average Bonchev–Trinajstić information content (AvgIpc) is 2.73. The molecule has 0 heterocycles. The molecule has 162 valence electrons. The zero-order valence-electron chi connectivity index (χ0n) is 17.3. The number of rotatable bonds is 11. The van der Waals surface area contributed by atoms with Crippen LogP contribution in [-0.4, -0.2) is 25.1 Å². The van der Waals surface area contributed by atoms with Gasteiger partial charge in [-0.2, -0.15) is 0 Å². The average molecular weight is 452 g/mol. The molecule has 7 heteroatoms. The van der Waals surface area contributed by atoms with Crippen molar-refractivity contribution < 1.29 is 19.1 Å². The monoisotopic (exact) mass is 451 g/mol. The van der Waals surface area contributed by atoms with Crippen molar-refractivity contribution in [3.63, 3.8) is 0 Å². The summed E-state index contributed by atoms with van der Waals surface area (Å²) in [4.78, 5) is 24.5. The molecule has 0 saturated carbocycles. The van der Waals surface area contributed by atoms with Crippen LogP contribution in [0.25, 0.3) is 0 Å². The molecule has 0 unspecified atom stereocenters. The summed E-state index contributed by atoms with van der Waals surface area (Å²) in [7, 11) is 0. The smallest absolute Gasteiger partial charge is 0.338 e. The molecular weight excluding hydrogens is 425 g/mol. The second-order valence-corrected chi connectivity index (χ2v) is 7.66. The third kappa shape index (κ3) is 7.22. The van der Waals surface area contributed by atoms with Gasteiger partial charge >= 0.3 is 5.97 Å². The van der Waals surface area contributed by atoms with E-state index < -0.39 is 0 Å². The lowest BCUT2D eigenvalue weighted by atomic mass is 10.1. The Bertz CT molecular complexity index is 830. The van der Waals surface area contributed by atoms with Gasteiger partial charge in [0.2, 0.25) is 0 Å². The van der Waals surface area contributed by atoms with E-state index in [1.807, 2.05) is 6.92 Å². The van der Waals surface area contributed by atoms with Gasteiger partial charge in [-0.3, -0.25) is 4.79 Å². The number of esters is 1. The number of unbranched alkanes of at least 4 members (excludes halogenated alkanes) is 3. The molecule has 0 aliphatic heterocycles. The van der Waals surface area contributed by atoms with Crippen molar-refractivity contribution in [2.75, 3.05) is 18.5 Å². The topological polar surface area (TPSA) is 64.6 Å². The summed E-state index contributed by atoms with van der Waals surface area (Å²) in [6, 6.07) is 9.55. The Hall–Kier alpha value is -2.24. The highest BCUT2D eigenvalue weighted by molar-refractivity contribution is 6.37. The minimum absolute atomic E-state index is 0.286. The summed E-state index contributed by atoms with van der Waals surface area (Å²) < 4.78 is 10.8. The van der Waals surface area contributed by atoms with Crippen molar-refractivity contribution in [3.8, 4) is 5.75 Å². The van der Waals surface area contributed by atoms with Crippen LogP contribution in [0.1, 0.15) is 66.7 Å². The Morgan fingerprint density at radius 3 is 2.10 bits per heavy atom. The fourth-order valence-corrected chi connectivity index (χ4v) is 3.24. The van der Waals surface area contributed by atoms with Crippen LogP contribution in [0.15, 0.2) is 36.4 Å². The molecule has 0 aliphatic rings. The molecule has 0 fully saturated rings. The number of hydrogen-bond donors (Lipinski definition) is 1. The van der Waals surface area contributed by atoms with Crippen LogP contribution in [0.2, 0.25) is 10.0 Å². The number of amides is 1. The van der Waals surface area contributed by atoms with E-state index in [-0.39, 0.29) is 21.9 Å². The molecule has 0 saturated heterocycles. The number of carbonyl (C=O) groups excluding carboxylic acids is 2. The molecule has 0 atom stereocenters. The number of anilines is 1. The fourth-order valence-electron chi connectivity index (χ4n) is 2.64. The van der Waals surface area contributed by atoms with Gasteiger partial charge in [-0.1, -0.05) is 56.3 Å². The lowest BCUT2D eigenvalue weighted by Gasteiger charge is -2.12. The number of benzene rings is 2. The molecule has 30 heavy (non-hydrogen) atoms. The highest BCUT2D eigenvalue weighted by Gasteiger charge is 2.15. The van der Waals surface area contributed by atoms with E-state index in [9.17, 15) is 9.59 Å². The Morgan fingerprint density at radius 1 is 0.867 bits per heavy atom. The largest absolute Gasteiger partial charge is 0.490 e. The third-order valence-electron chi connectivity index (χ3n) is 4.36. The minimum atomic E-state index is -0.380. The Morgan fingerprint density at radius 2 is 1.50 bits per heavy atom. The molecular formula is C23H27Cl2NO4. The van der Waals surface area contributed by atoms with E-state index in [4.69, 9.17) is 32.7 Å². The predicted octanol–water partition coefficient (Wildman–Crippen LogP) is 6.77. The molecule has 1 N–H and O–H groups in total. The van der Waals surface area contributed by atoms with Gasteiger partial charge in [0.05, 0.1) is 28.8 Å². The lowest BCUT2D eigenvalue weighted by molar-refractivity contribution is 0.0499. The number of ether oxygens (including phenoxy) is 2. The van der Waals surface area contributed by atoms with E-state index in [0.29, 0.717) is 35.8 Å². The van der Waals surface area contributed by atoms with Crippen molar-refractivity contribution in [1.82, 2.24) is 0 Å². The van der Waals surface area contributed by atoms with Crippen LogP contribution in [-0.2, 0) is 4.74 Å². The second kappa shape index (κ2) is 12.5. The number of hydrogen-bond acceptors (Lipinski definition) is 4. The lowest BCUT2D eigenvalue weighted by Crippen LogP contribution is -2.13. The van der Waals surface area contributed by atoms with Gasteiger partial charge in [0.25, 0.3) is 5.91 Å². The van der Waals surface area contributed by atoms with Gasteiger partial charge in [0, 0.05) is 11.3 Å². The minimum Gasteiger partial charge on any atom is -0.490 e. The summed E-state index contributed by atoms with van der Waals surface area (Å²) in [6.07, 6.45) is 4.84. The van der Waals surface area contributed by atoms with Gasteiger partial charge in [-0.05, 0) is 49.2 Å². The maximum Gasteiger partial charge on any atom is 0.338 e. The van der Waals surface area contributed by atoms with Crippen molar-refractivity contribution >= 4 is 40.8 Å². The highest BCUT2D eigenvalue weighted by atomic mass is 35.5. The summed E-state index contributed by atoms with van der Waals surface area (Å²) in [6.45, 7) is 5.06. The van der Waals surface area contributed by atoms with Crippen molar-refractivity contribution in [2.24, 2.45) is 0 Å². The van der Waals surface area contributed by atoms with Crippen LogP contribution < -0.4 is 10.1 Å². The Balaban J connectivity index is 1.99. The number of nitrogens with one attached hydrogen (secondary N) is 1. The van der Waals surface area contributed by atoms with Gasteiger partial charge in [0.1, 0.15) is 0 Å². The zero-order valence-corrected chi connectivity index (χ0v) is 18.8. The van der Waals surface area contributed by atoms with E-state index in [2.05, 4.69) is 12.2 Å². The number of carbonyl (C=O) groups is 2. The first kappa shape index (κ1) is 24.0. The molecule has 0 aliphatic carbocycles. The van der Waals surface area contributed by atoms with Gasteiger partial charge in [-0.15, -0.1) is 0 Å². The molecule has 2 aromatic rings. The molecule has 0 spiro atoms. The fraction of sp³-hybridized carbons (Fsp3) is 0.391. The molecule has 0 aromatic heterocycles. The summed E-state index contributed by atoms with van der Waals surface area (Å²) >= 11 is 12.5. The predicted molar refractivity (Wildman–Crippen MR) is 121 cm³/mol. The SMILES string of the molecule is CCCCCOc1c(Cl)cc(C(=O)Nc2ccc(C(=O)OCCCC)cc2)cc1Cl. The molecule has 0 radical (unpaired) electrons. The summed E-state index contributed by atoms with van der Waals surface area (Å²) in [5, 5.41) is 3.33. The second-order valence-electron chi connectivity index (χ2n) is 6.85. The van der Waals surface area contributed by atoms with Crippen LogP contribution in [0.3, 0.4) is 0 Å². The highest BCUT2D eigenvalue weighted by Crippen LogP contribution is 2.34.